The molecule has 0 bridgehead atoms. The first kappa shape index (κ1) is 24.1. The van der Waals surface area contributed by atoms with Crippen molar-refractivity contribution in [2.24, 2.45) is 0 Å². The number of rotatable bonds is 9. The van der Waals surface area contributed by atoms with Crippen molar-refractivity contribution >= 4 is 28.3 Å². The highest BCUT2D eigenvalue weighted by Gasteiger charge is 2.35. The summed E-state index contributed by atoms with van der Waals surface area (Å²) in [7, 11) is 0. The maximum Gasteiger partial charge on any atom is 0.254 e. The van der Waals surface area contributed by atoms with Crippen molar-refractivity contribution in [2.45, 2.75) is 64.8 Å². The standard InChI is InChI=1S/C27H32N4O2S/c1-3-4-5-6-10-20-13-15-21(16-14-20)26(33)31-17-8-12-23(31)24(32)28-27-30-29-25(34-27)22-11-7-9-19(2)18-22/h7,9,11,13-16,18,23H,3-6,8,10,12,17H2,1-2H3,(H,28,30,32). The Bertz CT molecular complexity index is 1130. The van der Waals surface area contributed by atoms with Crippen LogP contribution in [0.1, 0.15) is 66.9 Å². The van der Waals surface area contributed by atoms with Gasteiger partial charge < -0.3 is 4.90 Å². The largest absolute Gasteiger partial charge is 0.327 e. The molecule has 4 rings (SSSR count). The van der Waals surface area contributed by atoms with Crippen LogP contribution in [0.5, 0.6) is 0 Å². The lowest BCUT2D eigenvalue weighted by Gasteiger charge is -2.23. The Hall–Kier alpha value is -3.06. The molecule has 0 spiro atoms. The van der Waals surface area contributed by atoms with E-state index in [0.29, 0.717) is 23.7 Å². The number of likely N-dealkylation sites (tertiary alicyclic amines) is 1. The van der Waals surface area contributed by atoms with E-state index in [-0.39, 0.29) is 11.8 Å². The summed E-state index contributed by atoms with van der Waals surface area (Å²) in [5.41, 5.74) is 4.01. The first-order valence-corrected chi connectivity index (χ1v) is 13.0. The fourth-order valence-corrected chi connectivity index (χ4v) is 5.12. The van der Waals surface area contributed by atoms with E-state index >= 15 is 0 Å². The van der Waals surface area contributed by atoms with Crippen LogP contribution in [0.15, 0.2) is 48.5 Å². The zero-order valence-corrected chi connectivity index (χ0v) is 20.7. The summed E-state index contributed by atoms with van der Waals surface area (Å²) in [6.07, 6.45) is 7.40. The summed E-state index contributed by atoms with van der Waals surface area (Å²) in [6.45, 7) is 4.82. The van der Waals surface area contributed by atoms with Gasteiger partial charge in [-0.05, 0) is 56.4 Å². The molecule has 1 N–H and O–H groups in total. The number of amides is 2. The second-order valence-electron chi connectivity index (χ2n) is 8.94. The third-order valence-corrected chi connectivity index (χ3v) is 7.14. The molecule has 1 aliphatic rings. The minimum atomic E-state index is -0.493. The van der Waals surface area contributed by atoms with E-state index < -0.39 is 6.04 Å². The zero-order chi connectivity index (χ0) is 23.9. The number of unbranched alkanes of at least 4 members (excludes halogenated alkanes) is 3. The van der Waals surface area contributed by atoms with Crippen molar-refractivity contribution in [3.63, 3.8) is 0 Å². The Labute approximate surface area is 205 Å². The van der Waals surface area contributed by atoms with E-state index in [4.69, 9.17) is 0 Å². The number of aryl methyl sites for hydroxylation is 2. The van der Waals surface area contributed by atoms with Gasteiger partial charge in [-0.1, -0.05) is 73.4 Å². The van der Waals surface area contributed by atoms with E-state index in [1.807, 2.05) is 55.5 Å². The van der Waals surface area contributed by atoms with Gasteiger partial charge in [-0.2, -0.15) is 0 Å². The van der Waals surface area contributed by atoms with Crippen LogP contribution in [0.4, 0.5) is 5.13 Å². The Balaban J connectivity index is 1.37. The van der Waals surface area contributed by atoms with Crippen molar-refractivity contribution in [3.8, 4) is 10.6 Å². The van der Waals surface area contributed by atoms with Crippen LogP contribution in [0.3, 0.4) is 0 Å². The maximum atomic E-state index is 13.2. The van der Waals surface area contributed by atoms with Crippen LogP contribution in [0, 0.1) is 6.92 Å². The summed E-state index contributed by atoms with van der Waals surface area (Å²) in [5.74, 6) is -0.293. The monoisotopic (exact) mass is 476 g/mol. The van der Waals surface area contributed by atoms with Gasteiger partial charge in [-0.15, -0.1) is 10.2 Å². The average molecular weight is 477 g/mol. The van der Waals surface area contributed by atoms with Gasteiger partial charge in [-0.3, -0.25) is 14.9 Å². The third kappa shape index (κ3) is 5.89. The van der Waals surface area contributed by atoms with Crippen LogP contribution < -0.4 is 5.32 Å². The van der Waals surface area contributed by atoms with E-state index in [1.54, 1.807) is 4.90 Å². The fraction of sp³-hybridized carbons (Fsp3) is 0.407. The van der Waals surface area contributed by atoms with Gasteiger partial charge in [0.25, 0.3) is 5.91 Å². The molecule has 1 saturated heterocycles. The van der Waals surface area contributed by atoms with E-state index in [0.717, 1.165) is 29.0 Å². The molecule has 2 amide bonds. The molecule has 34 heavy (non-hydrogen) atoms. The minimum Gasteiger partial charge on any atom is -0.327 e. The zero-order valence-electron chi connectivity index (χ0n) is 19.9. The predicted molar refractivity (Wildman–Crippen MR) is 137 cm³/mol. The van der Waals surface area contributed by atoms with Gasteiger partial charge in [-0.25, -0.2) is 0 Å². The highest BCUT2D eigenvalue weighted by molar-refractivity contribution is 7.18. The van der Waals surface area contributed by atoms with Crippen LogP contribution in [0.2, 0.25) is 0 Å². The SMILES string of the molecule is CCCCCCc1ccc(C(=O)N2CCCC2C(=O)Nc2nnc(-c3cccc(C)c3)s2)cc1. The predicted octanol–water partition coefficient (Wildman–Crippen LogP) is 5.88. The number of nitrogens with one attached hydrogen (secondary N) is 1. The molecule has 1 atom stereocenters. The molecule has 3 aromatic rings. The molecule has 7 heteroatoms. The molecule has 178 valence electrons. The number of aromatic nitrogens is 2. The van der Waals surface area contributed by atoms with Gasteiger partial charge in [0.15, 0.2) is 0 Å². The van der Waals surface area contributed by atoms with Crippen LogP contribution >= 0.6 is 11.3 Å². The molecule has 1 aromatic heterocycles. The van der Waals surface area contributed by atoms with Crippen molar-refractivity contribution in [1.82, 2.24) is 15.1 Å². The minimum absolute atomic E-state index is 0.0899. The Morgan fingerprint density at radius 1 is 1.09 bits per heavy atom. The molecular weight excluding hydrogens is 444 g/mol. The lowest BCUT2D eigenvalue weighted by molar-refractivity contribution is -0.119. The van der Waals surface area contributed by atoms with Crippen molar-refractivity contribution in [1.29, 1.82) is 0 Å². The number of anilines is 1. The topological polar surface area (TPSA) is 75.2 Å². The molecule has 1 aliphatic heterocycles. The number of nitrogens with zero attached hydrogens (tertiary/aromatic N) is 3. The number of benzene rings is 2. The molecule has 1 fully saturated rings. The molecule has 0 aliphatic carbocycles. The first-order valence-electron chi connectivity index (χ1n) is 12.2. The molecule has 6 nitrogen and oxygen atoms in total. The summed E-state index contributed by atoms with van der Waals surface area (Å²) < 4.78 is 0. The van der Waals surface area contributed by atoms with Gasteiger partial charge in [0.2, 0.25) is 11.0 Å². The summed E-state index contributed by atoms with van der Waals surface area (Å²) in [6, 6.07) is 15.4. The highest BCUT2D eigenvalue weighted by atomic mass is 32.1. The highest BCUT2D eigenvalue weighted by Crippen LogP contribution is 2.28. The molecular formula is C27H32N4O2S. The number of hydrogen-bond acceptors (Lipinski definition) is 5. The Morgan fingerprint density at radius 3 is 2.68 bits per heavy atom. The van der Waals surface area contributed by atoms with Gasteiger partial charge in [0.1, 0.15) is 11.0 Å². The van der Waals surface area contributed by atoms with Gasteiger partial charge in [0, 0.05) is 17.7 Å². The van der Waals surface area contributed by atoms with Crippen molar-refractivity contribution < 1.29 is 9.59 Å². The van der Waals surface area contributed by atoms with Gasteiger partial charge >= 0.3 is 0 Å². The number of hydrogen-bond donors (Lipinski definition) is 1. The van der Waals surface area contributed by atoms with Crippen molar-refractivity contribution in [2.75, 3.05) is 11.9 Å². The average Bonchev–Trinajstić information content (AvgIpc) is 3.52. The van der Waals surface area contributed by atoms with Crippen LogP contribution in [-0.2, 0) is 11.2 Å². The molecule has 2 aromatic carbocycles. The molecule has 2 heterocycles. The molecule has 1 unspecified atom stereocenters. The van der Waals surface area contributed by atoms with E-state index in [2.05, 4.69) is 22.4 Å². The second-order valence-corrected chi connectivity index (χ2v) is 9.91. The van der Waals surface area contributed by atoms with E-state index in [9.17, 15) is 9.59 Å². The smallest absolute Gasteiger partial charge is 0.254 e. The molecule has 0 saturated carbocycles. The van der Waals surface area contributed by atoms with Gasteiger partial charge in [0.05, 0.1) is 0 Å². The maximum absolute atomic E-state index is 13.2. The first-order chi connectivity index (χ1) is 16.5. The lowest BCUT2D eigenvalue weighted by atomic mass is 10.0. The van der Waals surface area contributed by atoms with E-state index in [1.165, 1.54) is 42.6 Å². The number of carbonyl (C=O) groups is 2. The summed E-state index contributed by atoms with van der Waals surface area (Å²) >= 11 is 1.34. The lowest BCUT2D eigenvalue weighted by Crippen LogP contribution is -2.43. The summed E-state index contributed by atoms with van der Waals surface area (Å²) in [4.78, 5) is 27.9. The summed E-state index contributed by atoms with van der Waals surface area (Å²) in [5, 5.41) is 12.5. The van der Waals surface area contributed by atoms with Crippen molar-refractivity contribution in [3.05, 3.63) is 65.2 Å². The third-order valence-electron chi connectivity index (χ3n) is 6.26. The Kier molecular flexibility index (Phi) is 8.06. The van der Waals surface area contributed by atoms with Crippen LogP contribution in [-0.4, -0.2) is 39.5 Å². The van der Waals surface area contributed by atoms with Crippen LogP contribution in [0.25, 0.3) is 10.6 Å². The second kappa shape index (κ2) is 11.4. The quantitative estimate of drug-likeness (QED) is 0.391. The molecule has 0 radical (unpaired) electrons. The fourth-order valence-electron chi connectivity index (χ4n) is 4.38. The normalized spacial score (nSPS) is 15.5. The Morgan fingerprint density at radius 2 is 1.91 bits per heavy atom. The number of carbonyl (C=O) groups excluding carboxylic acids is 2.